The van der Waals surface area contributed by atoms with Gasteiger partial charge in [-0.15, -0.1) is 0 Å². The molecule has 2 aromatic carbocycles. The second-order valence-corrected chi connectivity index (χ2v) is 8.11. The fourth-order valence-corrected chi connectivity index (χ4v) is 3.86. The normalized spacial score (nSPS) is 16.0. The van der Waals surface area contributed by atoms with Gasteiger partial charge in [0.2, 0.25) is 0 Å². The van der Waals surface area contributed by atoms with Gasteiger partial charge >= 0.3 is 5.97 Å². The van der Waals surface area contributed by atoms with Gasteiger partial charge in [0.15, 0.2) is 5.11 Å². The summed E-state index contributed by atoms with van der Waals surface area (Å²) in [4.78, 5) is 13.1. The van der Waals surface area contributed by atoms with Crippen LogP contribution in [0.15, 0.2) is 58.6 Å². The van der Waals surface area contributed by atoms with Crippen molar-refractivity contribution >= 4 is 44.9 Å². The van der Waals surface area contributed by atoms with Crippen molar-refractivity contribution < 1.29 is 14.3 Å². The Morgan fingerprint density at radius 1 is 1.17 bits per heavy atom. The van der Waals surface area contributed by atoms with Crippen LogP contribution in [0.5, 0.6) is 5.75 Å². The van der Waals surface area contributed by atoms with Crippen LogP contribution in [0, 0.1) is 0 Å². The van der Waals surface area contributed by atoms with Crippen LogP contribution in [0.25, 0.3) is 5.70 Å². The monoisotopic (exact) mass is 488 g/mol. The summed E-state index contributed by atoms with van der Waals surface area (Å²) < 4.78 is 12.4. The Morgan fingerprint density at radius 3 is 2.63 bits per heavy atom. The van der Waals surface area contributed by atoms with Crippen LogP contribution in [0.3, 0.4) is 0 Å². The van der Waals surface area contributed by atoms with E-state index in [-0.39, 0.29) is 6.61 Å². The largest absolute Gasteiger partial charge is 0.493 e. The number of carbonyl (C=O) groups excluding carboxylic acids is 1. The number of carbonyl (C=O) groups is 1. The van der Waals surface area contributed by atoms with E-state index < -0.39 is 12.0 Å². The molecule has 7 heteroatoms. The van der Waals surface area contributed by atoms with E-state index in [1.54, 1.807) is 6.92 Å². The van der Waals surface area contributed by atoms with Gasteiger partial charge in [0, 0.05) is 10.0 Å². The fourth-order valence-electron chi connectivity index (χ4n) is 3.26. The third-order valence-corrected chi connectivity index (χ3v) is 5.38. The van der Waals surface area contributed by atoms with Crippen LogP contribution in [-0.4, -0.2) is 24.3 Å². The summed E-state index contributed by atoms with van der Waals surface area (Å²) in [5, 5.41) is 6.83. The quantitative estimate of drug-likeness (QED) is 0.305. The summed E-state index contributed by atoms with van der Waals surface area (Å²) >= 11 is 9.03. The number of esters is 1. The van der Waals surface area contributed by atoms with E-state index in [2.05, 4.69) is 33.5 Å². The van der Waals surface area contributed by atoms with Crippen LogP contribution >= 0.6 is 28.1 Å². The van der Waals surface area contributed by atoms with Crippen molar-refractivity contribution in [1.82, 2.24) is 10.6 Å². The molecule has 0 saturated heterocycles. The molecule has 0 fully saturated rings. The molecule has 0 spiro atoms. The van der Waals surface area contributed by atoms with E-state index in [0.29, 0.717) is 28.7 Å². The van der Waals surface area contributed by atoms with Gasteiger partial charge < -0.3 is 20.1 Å². The van der Waals surface area contributed by atoms with Gasteiger partial charge in [0.1, 0.15) is 5.75 Å². The fraction of sp³-hybridized carbons (Fsp3) is 0.304. The first-order chi connectivity index (χ1) is 14.5. The average Bonchev–Trinajstić information content (AvgIpc) is 2.75. The van der Waals surface area contributed by atoms with Crippen LogP contribution in [0.4, 0.5) is 0 Å². The predicted molar refractivity (Wildman–Crippen MR) is 126 cm³/mol. The summed E-state index contributed by atoms with van der Waals surface area (Å²) in [6.07, 6.45) is 1.98. The molecule has 1 atom stereocenters. The van der Waals surface area contributed by atoms with Crippen molar-refractivity contribution in [1.29, 1.82) is 0 Å². The van der Waals surface area contributed by atoms with Crippen molar-refractivity contribution in [3.63, 3.8) is 0 Å². The van der Waals surface area contributed by atoms with Crippen LogP contribution in [-0.2, 0) is 9.53 Å². The highest BCUT2D eigenvalue weighted by Gasteiger charge is 2.34. The predicted octanol–water partition coefficient (Wildman–Crippen LogP) is 5.12. The molecule has 0 bridgehead atoms. The molecule has 0 saturated carbocycles. The lowest BCUT2D eigenvalue weighted by molar-refractivity contribution is -0.138. The molecular weight excluding hydrogens is 464 g/mol. The zero-order valence-electron chi connectivity index (χ0n) is 17.0. The number of unbranched alkanes of at least 4 members (excludes halogenated alkanes) is 1. The number of thiocarbonyl (C=S) groups is 1. The minimum absolute atomic E-state index is 0.278. The number of hydrogen-bond donors (Lipinski definition) is 2. The van der Waals surface area contributed by atoms with Crippen molar-refractivity contribution in [3.05, 3.63) is 69.7 Å². The van der Waals surface area contributed by atoms with E-state index in [1.807, 2.05) is 48.5 Å². The van der Waals surface area contributed by atoms with Gasteiger partial charge in [0.05, 0.1) is 30.5 Å². The topological polar surface area (TPSA) is 59.6 Å². The van der Waals surface area contributed by atoms with Crippen molar-refractivity contribution in [2.45, 2.75) is 32.7 Å². The van der Waals surface area contributed by atoms with Crippen LogP contribution in [0.2, 0.25) is 0 Å². The minimum Gasteiger partial charge on any atom is -0.493 e. The Hall–Kier alpha value is -2.38. The smallest absolute Gasteiger partial charge is 0.338 e. The van der Waals surface area contributed by atoms with E-state index in [1.165, 1.54) is 0 Å². The minimum atomic E-state index is -0.512. The van der Waals surface area contributed by atoms with Gasteiger partial charge in [-0.05, 0) is 49.3 Å². The first kappa shape index (κ1) is 22.3. The van der Waals surface area contributed by atoms with E-state index in [4.69, 9.17) is 21.7 Å². The van der Waals surface area contributed by atoms with Gasteiger partial charge in [0.25, 0.3) is 0 Å². The Kier molecular flexibility index (Phi) is 7.87. The summed E-state index contributed by atoms with van der Waals surface area (Å²) in [6, 6.07) is 14.9. The maximum atomic E-state index is 13.1. The first-order valence-corrected chi connectivity index (χ1v) is 11.2. The van der Waals surface area contributed by atoms with E-state index in [9.17, 15) is 4.79 Å². The third kappa shape index (κ3) is 5.21. The molecule has 2 aromatic rings. The van der Waals surface area contributed by atoms with Gasteiger partial charge in [-0.3, -0.25) is 0 Å². The molecule has 1 aliphatic heterocycles. The number of nitrogens with one attached hydrogen (secondary N) is 2. The lowest BCUT2D eigenvalue weighted by Crippen LogP contribution is -2.45. The lowest BCUT2D eigenvalue weighted by Gasteiger charge is -2.32. The maximum Gasteiger partial charge on any atom is 0.338 e. The van der Waals surface area contributed by atoms with Crippen molar-refractivity contribution in [3.8, 4) is 5.75 Å². The molecule has 5 nitrogen and oxygen atoms in total. The third-order valence-electron chi connectivity index (χ3n) is 4.67. The first-order valence-electron chi connectivity index (χ1n) is 10.0. The van der Waals surface area contributed by atoms with Gasteiger partial charge in [-0.1, -0.05) is 59.6 Å². The van der Waals surface area contributed by atoms with Crippen LogP contribution < -0.4 is 15.4 Å². The average molecular weight is 489 g/mol. The second kappa shape index (κ2) is 10.6. The summed E-state index contributed by atoms with van der Waals surface area (Å²) in [5.41, 5.74) is 2.79. The second-order valence-electron chi connectivity index (χ2n) is 6.79. The number of benzene rings is 2. The zero-order chi connectivity index (χ0) is 21.5. The molecule has 0 aromatic heterocycles. The SMILES string of the molecule is CCCCOc1ccc(Br)cc1[C@@H]1NC(=S)NC(c2ccccc2)=C1C(=O)OCC. The van der Waals surface area contributed by atoms with Crippen molar-refractivity contribution in [2.75, 3.05) is 13.2 Å². The Morgan fingerprint density at radius 2 is 1.93 bits per heavy atom. The van der Waals surface area contributed by atoms with Gasteiger partial charge in [-0.25, -0.2) is 4.79 Å². The molecule has 0 aliphatic carbocycles. The number of hydrogen-bond acceptors (Lipinski definition) is 4. The molecule has 30 heavy (non-hydrogen) atoms. The molecule has 3 rings (SSSR count). The maximum absolute atomic E-state index is 13.1. The highest BCUT2D eigenvalue weighted by Crippen LogP contribution is 2.37. The highest BCUT2D eigenvalue weighted by atomic mass is 79.9. The summed E-state index contributed by atoms with van der Waals surface area (Å²) in [5.74, 6) is 0.311. The summed E-state index contributed by atoms with van der Waals surface area (Å²) in [6.45, 7) is 4.79. The Labute approximate surface area is 191 Å². The van der Waals surface area contributed by atoms with E-state index >= 15 is 0 Å². The molecular formula is C23H25BrN2O3S. The number of halogens is 1. The molecule has 0 amide bonds. The summed E-state index contributed by atoms with van der Waals surface area (Å²) in [7, 11) is 0. The standard InChI is InChI=1S/C23H25BrN2O3S/c1-3-5-13-29-18-12-11-16(24)14-17(18)21-19(22(27)28-4-2)20(25-23(30)26-21)15-9-7-6-8-10-15/h6-12,14,21H,3-5,13H2,1-2H3,(H2,25,26,30)/t21-/m0/s1. The zero-order valence-corrected chi connectivity index (χ0v) is 19.4. The number of rotatable bonds is 8. The van der Waals surface area contributed by atoms with Gasteiger partial charge in [-0.2, -0.15) is 0 Å². The Balaban J connectivity index is 2.15. The molecule has 2 N–H and O–H groups in total. The molecule has 158 valence electrons. The number of ether oxygens (including phenoxy) is 2. The molecule has 0 unspecified atom stereocenters. The Bertz CT molecular complexity index is 947. The lowest BCUT2D eigenvalue weighted by atomic mass is 9.92. The molecule has 0 radical (unpaired) electrons. The molecule has 1 heterocycles. The highest BCUT2D eigenvalue weighted by molar-refractivity contribution is 9.10. The molecule has 1 aliphatic rings. The van der Waals surface area contributed by atoms with Crippen LogP contribution in [0.1, 0.15) is 43.9 Å². The van der Waals surface area contributed by atoms with Crippen molar-refractivity contribution in [2.24, 2.45) is 0 Å². The van der Waals surface area contributed by atoms with E-state index in [0.717, 1.165) is 28.4 Å².